The molecule has 24 heavy (non-hydrogen) atoms. The molecule has 0 spiro atoms. The zero-order valence-electron chi connectivity index (χ0n) is 13.3. The molecule has 2 aromatic heterocycles. The van der Waals surface area contributed by atoms with Crippen molar-refractivity contribution in [2.24, 2.45) is 0 Å². The van der Waals surface area contributed by atoms with Crippen molar-refractivity contribution in [1.82, 2.24) is 20.8 Å². The van der Waals surface area contributed by atoms with Crippen molar-refractivity contribution in [2.75, 3.05) is 6.54 Å². The molecule has 0 bridgehead atoms. The van der Waals surface area contributed by atoms with Crippen LogP contribution in [0, 0.1) is 6.92 Å². The first-order valence-corrected chi connectivity index (χ1v) is 8.21. The number of furan rings is 1. The molecule has 0 aliphatic carbocycles. The van der Waals surface area contributed by atoms with Gasteiger partial charge in [-0.15, -0.1) is 0 Å². The Kier molecular flexibility index (Phi) is 2.98. The number of aryl methyl sites for hydroxylation is 1. The average molecular weight is 318 g/mol. The molecule has 5 nitrogen and oxygen atoms in total. The van der Waals surface area contributed by atoms with Crippen LogP contribution >= 0.6 is 0 Å². The number of para-hydroxylation sites is 1. The van der Waals surface area contributed by atoms with Crippen molar-refractivity contribution in [1.29, 1.82) is 0 Å². The average Bonchev–Trinajstić information content (AvgIpc) is 3.30. The first-order chi connectivity index (χ1) is 11.8. The van der Waals surface area contributed by atoms with Crippen LogP contribution in [0.25, 0.3) is 22.0 Å². The normalized spacial score (nSPS) is 21.0. The molecular weight excluding hydrogens is 300 g/mol. The molecule has 1 saturated heterocycles. The van der Waals surface area contributed by atoms with Crippen LogP contribution in [0.2, 0.25) is 0 Å². The minimum absolute atomic E-state index is 0.0547. The van der Waals surface area contributed by atoms with E-state index in [0.29, 0.717) is 0 Å². The topological polar surface area (TPSA) is 65.9 Å². The molecule has 1 aliphatic heterocycles. The fourth-order valence-corrected chi connectivity index (χ4v) is 3.50. The monoisotopic (exact) mass is 318 g/mol. The third-order valence-electron chi connectivity index (χ3n) is 4.74. The standard InChI is InChI=1S/C19H18N4O/c1-11-6-7-14-15(8-11)22-19(21-14)13-10-20-23-18(13)17-9-12-4-2-3-5-16(12)24-17/h2-9,13,18,20,23H,10H2,1H3,(H,21,22). The van der Waals surface area contributed by atoms with E-state index >= 15 is 0 Å². The molecule has 2 aromatic carbocycles. The van der Waals surface area contributed by atoms with Gasteiger partial charge in [-0.25, -0.2) is 10.4 Å². The number of aromatic amines is 1. The van der Waals surface area contributed by atoms with E-state index in [1.54, 1.807) is 0 Å². The van der Waals surface area contributed by atoms with Gasteiger partial charge in [0.05, 0.1) is 23.0 Å². The molecule has 0 saturated carbocycles. The van der Waals surface area contributed by atoms with Gasteiger partial charge < -0.3 is 9.40 Å². The summed E-state index contributed by atoms with van der Waals surface area (Å²) in [5.74, 6) is 2.11. The third kappa shape index (κ3) is 2.13. The highest BCUT2D eigenvalue weighted by Crippen LogP contribution is 2.35. The summed E-state index contributed by atoms with van der Waals surface area (Å²) in [5.41, 5.74) is 10.8. The summed E-state index contributed by atoms with van der Waals surface area (Å²) in [4.78, 5) is 8.27. The number of nitrogens with one attached hydrogen (secondary N) is 3. The maximum Gasteiger partial charge on any atom is 0.134 e. The van der Waals surface area contributed by atoms with Crippen molar-refractivity contribution in [3.8, 4) is 0 Å². The van der Waals surface area contributed by atoms with E-state index < -0.39 is 0 Å². The molecule has 2 unspecified atom stereocenters. The van der Waals surface area contributed by atoms with Gasteiger partial charge in [0, 0.05) is 11.9 Å². The van der Waals surface area contributed by atoms with Crippen LogP contribution < -0.4 is 10.9 Å². The van der Waals surface area contributed by atoms with Gasteiger partial charge in [0.2, 0.25) is 0 Å². The zero-order chi connectivity index (χ0) is 16.1. The lowest BCUT2D eigenvalue weighted by Gasteiger charge is -2.13. The van der Waals surface area contributed by atoms with Crippen LogP contribution in [-0.4, -0.2) is 16.5 Å². The molecule has 3 N–H and O–H groups in total. The number of imidazole rings is 1. The number of aromatic nitrogens is 2. The molecule has 4 aromatic rings. The van der Waals surface area contributed by atoms with Crippen molar-refractivity contribution >= 4 is 22.0 Å². The van der Waals surface area contributed by atoms with Gasteiger partial charge >= 0.3 is 0 Å². The lowest BCUT2D eigenvalue weighted by Crippen LogP contribution is -2.24. The number of nitrogens with zero attached hydrogens (tertiary/aromatic N) is 1. The molecular formula is C19H18N4O. The van der Waals surface area contributed by atoms with Crippen LogP contribution in [0.1, 0.15) is 29.1 Å². The Morgan fingerprint density at radius 3 is 2.96 bits per heavy atom. The Bertz CT molecular complexity index is 999. The van der Waals surface area contributed by atoms with E-state index in [9.17, 15) is 0 Å². The minimum Gasteiger partial charge on any atom is -0.459 e. The summed E-state index contributed by atoms with van der Waals surface area (Å²) >= 11 is 0. The van der Waals surface area contributed by atoms with Crippen LogP contribution in [0.3, 0.4) is 0 Å². The van der Waals surface area contributed by atoms with Crippen LogP contribution in [0.15, 0.2) is 52.9 Å². The first kappa shape index (κ1) is 13.8. The van der Waals surface area contributed by atoms with Crippen LogP contribution in [0.4, 0.5) is 0 Å². The lowest BCUT2D eigenvalue weighted by molar-refractivity contribution is 0.431. The fourth-order valence-electron chi connectivity index (χ4n) is 3.50. The molecule has 0 amide bonds. The van der Waals surface area contributed by atoms with Gasteiger partial charge in [0.1, 0.15) is 17.2 Å². The number of hydrogen-bond donors (Lipinski definition) is 3. The van der Waals surface area contributed by atoms with Crippen LogP contribution in [-0.2, 0) is 0 Å². The van der Waals surface area contributed by atoms with E-state index in [1.165, 1.54) is 5.56 Å². The summed E-state index contributed by atoms with van der Waals surface area (Å²) < 4.78 is 6.05. The Hall–Kier alpha value is -2.63. The highest BCUT2D eigenvalue weighted by molar-refractivity contribution is 5.78. The van der Waals surface area contributed by atoms with E-state index in [2.05, 4.69) is 53.1 Å². The third-order valence-corrected chi connectivity index (χ3v) is 4.74. The lowest BCUT2D eigenvalue weighted by atomic mass is 9.99. The second-order valence-electron chi connectivity index (χ2n) is 6.44. The predicted octanol–water partition coefficient (Wildman–Crippen LogP) is 3.55. The van der Waals surface area contributed by atoms with Crippen LogP contribution in [0.5, 0.6) is 0 Å². The van der Waals surface area contributed by atoms with Gasteiger partial charge in [-0.3, -0.25) is 5.43 Å². The van der Waals surface area contributed by atoms with Gasteiger partial charge in [0.15, 0.2) is 0 Å². The van der Waals surface area contributed by atoms with Gasteiger partial charge in [0.25, 0.3) is 0 Å². The summed E-state index contributed by atoms with van der Waals surface area (Å²) in [6, 6.07) is 16.6. The second-order valence-corrected chi connectivity index (χ2v) is 6.44. The second kappa shape index (κ2) is 5.19. The number of hydrogen-bond acceptors (Lipinski definition) is 4. The molecule has 2 atom stereocenters. The van der Waals surface area contributed by atoms with Crippen molar-refractivity contribution < 1.29 is 4.42 Å². The summed E-state index contributed by atoms with van der Waals surface area (Å²) in [6.45, 7) is 2.90. The SMILES string of the molecule is Cc1ccc2nc(C3CNNC3c3cc4ccccc4o3)[nH]c2c1. The number of rotatable bonds is 2. The highest BCUT2D eigenvalue weighted by Gasteiger charge is 2.34. The predicted molar refractivity (Wildman–Crippen MR) is 93.7 cm³/mol. The molecule has 5 heteroatoms. The summed E-state index contributed by atoms with van der Waals surface area (Å²) in [6.07, 6.45) is 0. The molecule has 3 heterocycles. The van der Waals surface area contributed by atoms with Gasteiger partial charge in [-0.1, -0.05) is 24.3 Å². The Morgan fingerprint density at radius 1 is 1.12 bits per heavy atom. The molecule has 1 fully saturated rings. The summed E-state index contributed by atoms with van der Waals surface area (Å²) in [7, 11) is 0. The van der Waals surface area contributed by atoms with E-state index in [4.69, 9.17) is 9.40 Å². The Morgan fingerprint density at radius 2 is 2.04 bits per heavy atom. The van der Waals surface area contributed by atoms with E-state index in [-0.39, 0.29) is 12.0 Å². The van der Waals surface area contributed by atoms with Gasteiger partial charge in [-0.05, 0) is 36.8 Å². The maximum absolute atomic E-state index is 6.05. The quantitative estimate of drug-likeness (QED) is 0.529. The first-order valence-electron chi connectivity index (χ1n) is 8.21. The Balaban J connectivity index is 1.56. The maximum atomic E-state index is 6.05. The molecule has 120 valence electrons. The minimum atomic E-state index is 0.0547. The van der Waals surface area contributed by atoms with E-state index in [0.717, 1.165) is 40.1 Å². The Labute approximate surface area is 139 Å². The smallest absolute Gasteiger partial charge is 0.134 e. The highest BCUT2D eigenvalue weighted by atomic mass is 16.3. The fraction of sp³-hybridized carbons (Fsp3) is 0.211. The zero-order valence-corrected chi connectivity index (χ0v) is 13.3. The van der Waals surface area contributed by atoms with Crippen molar-refractivity contribution in [3.05, 3.63) is 65.7 Å². The van der Waals surface area contributed by atoms with Crippen molar-refractivity contribution in [2.45, 2.75) is 18.9 Å². The van der Waals surface area contributed by atoms with Crippen molar-refractivity contribution in [3.63, 3.8) is 0 Å². The molecule has 5 rings (SSSR count). The molecule has 0 radical (unpaired) electrons. The number of benzene rings is 2. The summed E-state index contributed by atoms with van der Waals surface area (Å²) in [5, 5.41) is 1.13. The number of hydrazine groups is 1. The largest absolute Gasteiger partial charge is 0.459 e. The number of H-pyrrole nitrogens is 1. The molecule has 1 aliphatic rings. The number of fused-ring (bicyclic) bond motifs is 2. The van der Waals surface area contributed by atoms with Gasteiger partial charge in [-0.2, -0.15) is 0 Å². The van der Waals surface area contributed by atoms with E-state index in [1.807, 2.05) is 18.2 Å².